The molecule has 0 radical (unpaired) electrons. The minimum absolute atomic E-state index is 0.159. The van der Waals surface area contributed by atoms with E-state index in [0.717, 1.165) is 66.0 Å². The summed E-state index contributed by atoms with van der Waals surface area (Å²) in [7, 11) is 1.54. The molecule has 0 bridgehead atoms. The highest BCUT2D eigenvalue weighted by molar-refractivity contribution is 5.93. The van der Waals surface area contributed by atoms with Gasteiger partial charge in [-0.25, -0.2) is 0 Å². The van der Waals surface area contributed by atoms with Gasteiger partial charge in [0.15, 0.2) is 23.9 Å². The summed E-state index contributed by atoms with van der Waals surface area (Å²) >= 11 is 0. The number of allylic oxidation sites excluding steroid dienone is 1. The van der Waals surface area contributed by atoms with Crippen LogP contribution in [0.5, 0.6) is 11.5 Å². The molecule has 0 spiro atoms. The van der Waals surface area contributed by atoms with Gasteiger partial charge in [0.05, 0.1) is 12.7 Å². The number of benzene rings is 2. The first-order valence-electron chi connectivity index (χ1n) is 12.1. The van der Waals surface area contributed by atoms with Crippen LogP contribution in [0.1, 0.15) is 53.2 Å². The number of methoxy groups -OCH3 is 1. The van der Waals surface area contributed by atoms with Crippen LogP contribution < -0.4 is 14.8 Å². The average molecular weight is 486 g/mol. The van der Waals surface area contributed by atoms with Gasteiger partial charge in [0.2, 0.25) is 0 Å². The molecule has 1 N–H and O–H groups in total. The zero-order chi connectivity index (χ0) is 25.7. The monoisotopic (exact) mass is 485 g/mol. The van der Waals surface area contributed by atoms with Gasteiger partial charge in [0.25, 0.3) is 5.91 Å². The first-order chi connectivity index (χ1) is 17.4. The normalized spacial score (nSPS) is 13.4. The van der Waals surface area contributed by atoms with Crippen LogP contribution in [0.15, 0.2) is 30.3 Å². The summed E-state index contributed by atoms with van der Waals surface area (Å²) in [6.07, 6.45) is 5.93. The fourth-order valence-electron chi connectivity index (χ4n) is 4.59. The second-order valence-corrected chi connectivity index (χ2v) is 9.09. The minimum atomic E-state index is -0.254. The second-order valence-electron chi connectivity index (χ2n) is 9.09. The van der Waals surface area contributed by atoms with Crippen molar-refractivity contribution in [3.8, 4) is 17.6 Å². The minimum Gasteiger partial charge on any atom is -0.493 e. The predicted octanol–water partition coefficient (Wildman–Crippen LogP) is 5.02. The number of fused-ring (bicyclic) bond motifs is 1. The Labute approximate surface area is 211 Å². The Morgan fingerprint density at radius 3 is 2.61 bits per heavy atom. The SMILES string of the molecule is COc1cc(C=C(C#N)c2nnc3n2CCCCC3)ccc1OCC(=O)Nc1c(C)cc(C)cc1C. The van der Waals surface area contributed by atoms with Crippen LogP contribution in [-0.2, 0) is 17.8 Å². The molecule has 186 valence electrons. The van der Waals surface area contributed by atoms with Gasteiger partial charge in [-0.1, -0.05) is 30.2 Å². The number of amides is 1. The lowest BCUT2D eigenvalue weighted by molar-refractivity contribution is -0.118. The van der Waals surface area contributed by atoms with Crippen molar-refractivity contribution < 1.29 is 14.3 Å². The third kappa shape index (κ3) is 5.57. The number of nitrogens with zero attached hydrogens (tertiary/aromatic N) is 4. The fourth-order valence-corrected chi connectivity index (χ4v) is 4.59. The van der Waals surface area contributed by atoms with Crippen molar-refractivity contribution in [2.75, 3.05) is 19.0 Å². The molecule has 1 amide bonds. The van der Waals surface area contributed by atoms with E-state index in [0.29, 0.717) is 22.9 Å². The Morgan fingerprint density at radius 2 is 1.89 bits per heavy atom. The molecule has 0 atom stereocenters. The molecule has 3 aromatic rings. The number of nitriles is 1. The van der Waals surface area contributed by atoms with Gasteiger partial charge in [0.1, 0.15) is 11.9 Å². The van der Waals surface area contributed by atoms with E-state index in [2.05, 4.69) is 21.6 Å². The Morgan fingerprint density at radius 1 is 1.11 bits per heavy atom. The number of nitrogens with one attached hydrogen (secondary N) is 1. The van der Waals surface area contributed by atoms with E-state index < -0.39 is 0 Å². The van der Waals surface area contributed by atoms with Crippen molar-refractivity contribution in [1.29, 1.82) is 5.26 Å². The molecule has 36 heavy (non-hydrogen) atoms. The van der Waals surface area contributed by atoms with Gasteiger partial charge < -0.3 is 19.4 Å². The summed E-state index contributed by atoms with van der Waals surface area (Å²) in [5.41, 5.74) is 5.17. The Balaban J connectivity index is 1.49. The van der Waals surface area contributed by atoms with E-state index >= 15 is 0 Å². The van der Waals surface area contributed by atoms with Crippen molar-refractivity contribution in [3.05, 3.63) is 64.2 Å². The van der Waals surface area contributed by atoms with Crippen molar-refractivity contribution in [1.82, 2.24) is 14.8 Å². The summed E-state index contributed by atoms with van der Waals surface area (Å²) in [5, 5.41) is 21.4. The lowest BCUT2D eigenvalue weighted by Crippen LogP contribution is -2.21. The van der Waals surface area contributed by atoms with Gasteiger partial charge in [0, 0.05) is 18.7 Å². The zero-order valence-electron chi connectivity index (χ0n) is 21.2. The van der Waals surface area contributed by atoms with Crippen LogP contribution in [-0.4, -0.2) is 34.4 Å². The molecular formula is C28H31N5O3. The molecule has 2 heterocycles. The molecule has 0 unspecified atom stereocenters. The first kappa shape index (κ1) is 25.0. The number of anilines is 1. The second kappa shape index (κ2) is 11.1. The molecule has 0 saturated heterocycles. The Kier molecular flexibility index (Phi) is 7.69. The molecule has 0 fully saturated rings. The molecule has 8 nitrogen and oxygen atoms in total. The lowest BCUT2D eigenvalue weighted by Gasteiger charge is -2.14. The summed E-state index contributed by atoms with van der Waals surface area (Å²) < 4.78 is 13.3. The number of ether oxygens (including phenoxy) is 2. The van der Waals surface area contributed by atoms with E-state index in [4.69, 9.17) is 9.47 Å². The van der Waals surface area contributed by atoms with Crippen molar-refractivity contribution >= 4 is 23.2 Å². The molecule has 1 aromatic heterocycles. The summed E-state index contributed by atoms with van der Waals surface area (Å²) in [6.45, 7) is 6.63. The van der Waals surface area contributed by atoms with Crippen molar-refractivity contribution in [2.24, 2.45) is 0 Å². The fraction of sp³-hybridized carbons (Fsp3) is 0.357. The number of carbonyl (C=O) groups is 1. The number of aromatic nitrogens is 3. The average Bonchev–Trinajstić information content (AvgIpc) is 3.10. The third-order valence-corrected chi connectivity index (χ3v) is 6.27. The van der Waals surface area contributed by atoms with Gasteiger partial charge in [-0.05, 0) is 68.5 Å². The van der Waals surface area contributed by atoms with E-state index in [1.165, 1.54) is 0 Å². The van der Waals surface area contributed by atoms with Crippen molar-refractivity contribution in [3.63, 3.8) is 0 Å². The molecule has 1 aliphatic rings. The van der Waals surface area contributed by atoms with Crippen molar-refractivity contribution in [2.45, 2.75) is 53.0 Å². The number of aryl methyl sites for hydroxylation is 4. The maximum absolute atomic E-state index is 12.6. The summed E-state index contributed by atoms with van der Waals surface area (Å²) in [5.74, 6) is 2.18. The molecular weight excluding hydrogens is 454 g/mol. The smallest absolute Gasteiger partial charge is 0.262 e. The Hall–Kier alpha value is -4.12. The molecule has 2 aromatic carbocycles. The van der Waals surface area contributed by atoms with Crippen LogP contribution in [0.3, 0.4) is 0 Å². The highest BCUT2D eigenvalue weighted by Gasteiger charge is 2.18. The van der Waals surface area contributed by atoms with Crippen LogP contribution in [0.4, 0.5) is 5.69 Å². The van der Waals surface area contributed by atoms with Crippen LogP contribution in [0.2, 0.25) is 0 Å². The number of hydrogen-bond acceptors (Lipinski definition) is 6. The highest BCUT2D eigenvalue weighted by atomic mass is 16.5. The van der Waals surface area contributed by atoms with E-state index in [9.17, 15) is 10.1 Å². The molecule has 8 heteroatoms. The van der Waals surface area contributed by atoms with Gasteiger partial charge in [-0.3, -0.25) is 4.79 Å². The highest BCUT2D eigenvalue weighted by Crippen LogP contribution is 2.30. The number of hydrogen-bond donors (Lipinski definition) is 1. The Bertz CT molecular complexity index is 1330. The van der Waals surface area contributed by atoms with Gasteiger partial charge in [-0.2, -0.15) is 5.26 Å². The maximum atomic E-state index is 12.6. The third-order valence-electron chi connectivity index (χ3n) is 6.27. The van der Waals surface area contributed by atoms with E-state index in [1.807, 2.05) is 43.5 Å². The molecule has 4 rings (SSSR count). The van der Waals surface area contributed by atoms with E-state index in [-0.39, 0.29) is 12.5 Å². The van der Waals surface area contributed by atoms with Gasteiger partial charge in [-0.15, -0.1) is 10.2 Å². The van der Waals surface area contributed by atoms with Crippen LogP contribution in [0, 0.1) is 32.1 Å². The number of rotatable bonds is 7. The van der Waals surface area contributed by atoms with Gasteiger partial charge >= 0.3 is 0 Å². The van der Waals surface area contributed by atoms with Crippen LogP contribution in [0.25, 0.3) is 11.6 Å². The summed E-state index contributed by atoms with van der Waals surface area (Å²) in [4.78, 5) is 12.6. The summed E-state index contributed by atoms with van der Waals surface area (Å²) in [6, 6.07) is 11.7. The predicted molar refractivity (Wildman–Crippen MR) is 139 cm³/mol. The maximum Gasteiger partial charge on any atom is 0.262 e. The topological polar surface area (TPSA) is 102 Å². The molecule has 0 saturated carbocycles. The largest absolute Gasteiger partial charge is 0.493 e. The molecule has 1 aliphatic heterocycles. The lowest BCUT2D eigenvalue weighted by atomic mass is 10.1. The number of carbonyl (C=O) groups excluding carboxylic acids is 1. The standard InChI is InChI=1S/C28H31N5O3/c1-18-12-19(2)27(20(3)13-18)30-26(34)17-36-23-10-9-21(15-24(23)35-4)14-22(16-29)28-32-31-25-8-6-5-7-11-33(25)28/h9-10,12-15H,5-8,11,17H2,1-4H3,(H,30,34). The first-order valence-corrected chi connectivity index (χ1v) is 12.1. The quantitative estimate of drug-likeness (QED) is 0.472. The van der Waals surface area contributed by atoms with Crippen LogP contribution >= 0.6 is 0 Å². The zero-order valence-corrected chi connectivity index (χ0v) is 21.2. The molecule has 0 aliphatic carbocycles. The van der Waals surface area contributed by atoms with E-state index in [1.54, 1.807) is 25.3 Å².